The normalized spacial score (nSPS) is 24.3. The van der Waals surface area contributed by atoms with Crippen LogP contribution in [-0.2, 0) is 16.0 Å². The van der Waals surface area contributed by atoms with Crippen molar-refractivity contribution in [3.63, 3.8) is 0 Å². The Morgan fingerprint density at radius 1 is 1.05 bits per heavy atom. The van der Waals surface area contributed by atoms with Crippen LogP contribution in [0, 0.1) is 0 Å². The van der Waals surface area contributed by atoms with Gasteiger partial charge in [0, 0.05) is 36.1 Å². The zero-order chi connectivity index (χ0) is 26.4. The number of amides is 2. The fourth-order valence-corrected chi connectivity index (χ4v) is 6.70. The molecular formula is C30H36N4O4. The summed E-state index contributed by atoms with van der Waals surface area (Å²) >= 11 is 0. The zero-order valence-electron chi connectivity index (χ0n) is 22.2. The summed E-state index contributed by atoms with van der Waals surface area (Å²) in [5.41, 5.74) is 2.56. The van der Waals surface area contributed by atoms with Gasteiger partial charge in [-0.2, -0.15) is 0 Å². The molecule has 3 aliphatic heterocycles. The Labute approximate surface area is 223 Å². The number of H-pyrrole nitrogens is 1. The van der Waals surface area contributed by atoms with Gasteiger partial charge in [-0.05, 0) is 74.3 Å². The SMILES string of the molecule is COc1ccc2[nH]c3c(c2c1)C[C@@]1(C)C(=O)N(CCN2CCCCCC2)CC(=O)N1[C@@H]3c1cccc(O)c1. The second kappa shape index (κ2) is 9.66. The maximum absolute atomic E-state index is 14.2. The standard InChI is InChI=1S/C30H36N4O4/c1-30-18-24-23-17-22(38-2)10-11-25(23)31-27(24)28(20-8-7-9-21(35)16-20)34(30)26(36)19-33(29(30)37)15-14-32-12-5-3-4-6-13-32/h7-11,16-17,28,31,35H,3-6,12-15,18-19H2,1-2H3/t28-,30+/m1/s1. The number of phenols is 1. The summed E-state index contributed by atoms with van der Waals surface area (Å²) in [6.07, 6.45) is 5.32. The Bertz CT molecular complexity index is 1380. The number of fused-ring (bicyclic) bond motifs is 4. The van der Waals surface area contributed by atoms with Crippen molar-refractivity contribution in [1.29, 1.82) is 0 Å². The van der Waals surface area contributed by atoms with Gasteiger partial charge in [0.2, 0.25) is 11.8 Å². The van der Waals surface area contributed by atoms with Crippen LogP contribution in [0.4, 0.5) is 0 Å². The van der Waals surface area contributed by atoms with Crippen molar-refractivity contribution in [3.05, 3.63) is 59.3 Å². The number of phenolic OH excluding ortho intramolecular Hbond substituents is 1. The molecule has 2 N–H and O–H groups in total. The molecule has 1 aromatic heterocycles. The van der Waals surface area contributed by atoms with E-state index in [1.54, 1.807) is 35.1 Å². The molecule has 2 atom stereocenters. The lowest BCUT2D eigenvalue weighted by Gasteiger charge is -2.53. The van der Waals surface area contributed by atoms with Crippen molar-refractivity contribution in [2.45, 2.75) is 50.6 Å². The minimum atomic E-state index is -1.05. The number of methoxy groups -OCH3 is 1. The first kappa shape index (κ1) is 24.8. The topological polar surface area (TPSA) is 89.1 Å². The van der Waals surface area contributed by atoms with Gasteiger partial charge in [0.1, 0.15) is 17.0 Å². The molecule has 3 aromatic rings. The number of aromatic amines is 1. The first-order valence-electron chi connectivity index (χ1n) is 13.7. The summed E-state index contributed by atoms with van der Waals surface area (Å²) in [5.74, 6) is 0.785. The molecule has 2 amide bonds. The van der Waals surface area contributed by atoms with E-state index < -0.39 is 11.6 Å². The molecule has 2 aromatic carbocycles. The molecule has 6 rings (SSSR count). The third-order valence-electron chi connectivity index (χ3n) is 8.64. The number of likely N-dealkylation sites (tertiary alicyclic amines) is 1. The van der Waals surface area contributed by atoms with Crippen LogP contribution in [0.2, 0.25) is 0 Å². The molecule has 2 saturated heterocycles. The van der Waals surface area contributed by atoms with E-state index in [0.717, 1.165) is 53.1 Å². The van der Waals surface area contributed by atoms with E-state index in [2.05, 4.69) is 9.88 Å². The highest BCUT2D eigenvalue weighted by molar-refractivity contribution is 6.00. The third-order valence-corrected chi connectivity index (χ3v) is 8.64. The summed E-state index contributed by atoms with van der Waals surface area (Å²) < 4.78 is 5.50. The monoisotopic (exact) mass is 516 g/mol. The van der Waals surface area contributed by atoms with Gasteiger partial charge >= 0.3 is 0 Å². The number of carbonyl (C=O) groups is 2. The van der Waals surface area contributed by atoms with Crippen molar-refractivity contribution >= 4 is 22.7 Å². The van der Waals surface area contributed by atoms with Crippen molar-refractivity contribution in [1.82, 2.24) is 19.7 Å². The highest BCUT2D eigenvalue weighted by atomic mass is 16.5. The lowest BCUT2D eigenvalue weighted by molar-refractivity contribution is -0.167. The first-order chi connectivity index (χ1) is 18.4. The minimum absolute atomic E-state index is 0.0139. The molecule has 200 valence electrons. The van der Waals surface area contributed by atoms with Gasteiger partial charge < -0.3 is 29.5 Å². The van der Waals surface area contributed by atoms with Crippen molar-refractivity contribution in [2.75, 3.05) is 39.8 Å². The summed E-state index contributed by atoms with van der Waals surface area (Å²) in [4.78, 5) is 37.7. The Morgan fingerprint density at radius 3 is 2.58 bits per heavy atom. The molecule has 0 unspecified atom stereocenters. The summed E-state index contributed by atoms with van der Waals surface area (Å²) in [5, 5.41) is 11.3. The predicted octanol–water partition coefficient (Wildman–Crippen LogP) is 3.83. The molecular weight excluding hydrogens is 480 g/mol. The fraction of sp³-hybridized carbons (Fsp3) is 0.467. The minimum Gasteiger partial charge on any atom is -0.508 e. The van der Waals surface area contributed by atoms with Crippen LogP contribution in [0.25, 0.3) is 10.9 Å². The molecule has 0 aliphatic carbocycles. The van der Waals surface area contributed by atoms with E-state index in [4.69, 9.17) is 4.74 Å². The molecule has 4 heterocycles. The van der Waals surface area contributed by atoms with Gasteiger partial charge in [-0.25, -0.2) is 0 Å². The molecule has 3 aliphatic rings. The summed E-state index contributed by atoms with van der Waals surface area (Å²) in [6.45, 7) is 5.43. The van der Waals surface area contributed by atoms with Crippen LogP contribution >= 0.6 is 0 Å². The maximum atomic E-state index is 14.2. The van der Waals surface area contributed by atoms with E-state index in [9.17, 15) is 14.7 Å². The molecule has 0 radical (unpaired) electrons. The van der Waals surface area contributed by atoms with Gasteiger partial charge in [0.25, 0.3) is 0 Å². The van der Waals surface area contributed by atoms with Gasteiger partial charge in [-0.3, -0.25) is 9.59 Å². The van der Waals surface area contributed by atoms with Gasteiger partial charge in [0.15, 0.2) is 0 Å². The van der Waals surface area contributed by atoms with E-state index in [-0.39, 0.29) is 24.1 Å². The van der Waals surface area contributed by atoms with E-state index in [1.807, 2.05) is 31.2 Å². The third kappa shape index (κ3) is 4.11. The predicted molar refractivity (Wildman–Crippen MR) is 145 cm³/mol. The van der Waals surface area contributed by atoms with Crippen LogP contribution in [0.3, 0.4) is 0 Å². The van der Waals surface area contributed by atoms with Crippen molar-refractivity contribution in [3.8, 4) is 11.5 Å². The average Bonchev–Trinajstić information content (AvgIpc) is 3.07. The molecule has 38 heavy (non-hydrogen) atoms. The van der Waals surface area contributed by atoms with Gasteiger partial charge in [-0.1, -0.05) is 25.0 Å². The van der Waals surface area contributed by atoms with Crippen LogP contribution in [0.15, 0.2) is 42.5 Å². The Balaban J connectivity index is 1.41. The quantitative estimate of drug-likeness (QED) is 0.538. The number of hydrogen-bond acceptors (Lipinski definition) is 5. The Hall–Kier alpha value is -3.52. The summed E-state index contributed by atoms with van der Waals surface area (Å²) in [6, 6.07) is 12.4. The highest BCUT2D eigenvalue weighted by Crippen LogP contribution is 2.47. The second-order valence-electron chi connectivity index (χ2n) is 11.1. The second-order valence-corrected chi connectivity index (χ2v) is 11.1. The number of piperazine rings is 1. The number of ether oxygens (including phenoxy) is 1. The van der Waals surface area contributed by atoms with Crippen LogP contribution in [-0.4, -0.2) is 82.0 Å². The lowest BCUT2D eigenvalue weighted by Crippen LogP contribution is -2.70. The number of nitrogens with zero attached hydrogens (tertiary/aromatic N) is 3. The maximum Gasteiger partial charge on any atom is 0.249 e. The van der Waals surface area contributed by atoms with E-state index in [0.29, 0.717) is 13.0 Å². The molecule has 0 saturated carbocycles. The molecule has 0 spiro atoms. The van der Waals surface area contributed by atoms with Crippen LogP contribution in [0.5, 0.6) is 11.5 Å². The summed E-state index contributed by atoms with van der Waals surface area (Å²) in [7, 11) is 1.64. The fourth-order valence-electron chi connectivity index (χ4n) is 6.70. The smallest absolute Gasteiger partial charge is 0.249 e. The largest absolute Gasteiger partial charge is 0.508 e. The molecule has 2 fully saturated rings. The van der Waals surface area contributed by atoms with Gasteiger partial charge in [0.05, 0.1) is 19.7 Å². The number of hydrogen-bond donors (Lipinski definition) is 2. The van der Waals surface area contributed by atoms with Crippen molar-refractivity contribution < 1.29 is 19.4 Å². The van der Waals surface area contributed by atoms with Crippen LogP contribution < -0.4 is 4.74 Å². The first-order valence-corrected chi connectivity index (χ1v) is 13.7. The highest BCUT2D eigenvalue weighted by Gasteiger charge is 2.56. The molecule has 8 heteroatoms. The lowest BCUT2D eigenvalue weighted by atomic mass is 9.78. The zero-order valence-corrected chi connectivity index (χ0v) is 22.2. The van der Waals surface area contributed by atoms with Crippen molar-refractivity contribution in [2.24, 2.45) is 0 Å². The Kier molecular flexibility index (Phi) is 6.30. The molecule has 0 bridgehead atoms. The van der Waals surface area contributed by atoms with Crippen LogP contribution in [0.1, 0.15) is 55.5 Å². The number of benzene rings is 2. The number of aromatic hydroxyl groups is 1. The van der Waals surface area contributed by atoms with E-state index in [1.165, 1.54) is 25.7 Å². The average molecular weight is 517 g/mol. The number of carbonyl (C=O) groups excluding carboxylic acids is 2. The van der Waals surface area contributed by atoms with Gasteiger partial charge in [-0.15, -0.1) is 0 Å². The number of aromatic nitrogens is 1. The number of rotatable bonds is 5. The Morgan fingerprint density at radius 2 is 1.84 bits per heavy atom. The molecule has 8 nitrogen and oxygen atoms in total. The number of nitrogens with one attached hydrogen (secondary N) is 1. The van der Waals surface area contributed by atoms with E-state index >= 15 is 0 Å².